The first kappa shape index (κ1) is 15.7. The average Bonchev–Trinajstić information content (AvgIpc) is 2.32. The molecule has 0 radical (unpaired) electrons. The van der Waals surface area contributed by atoms with E-state index >= 15 is 0 Å². The molecule has 3 N–H and O–H groups in total. The van der Waals surface area contributed by atoms with Crippen LogP contribution < -0.4 is 11.1 Å². The van der Waals surface area contributed by atoms with Gasteiger partial charge in [-0.2, -0.15) is 0 Å². The summed E-state index contributed by atoms with van der Waals surface area (Å²) in [5, 5.41) is 3.26. The van der Waals surface area contributed by atoms with E-state index in [-0.39, 0.29) is 11.6 Å². The van der Waals surface area contributed by atoms with E-state index in [9.17, 15) is 9.18 Å². The maximum atomic E-state index is 13.3. The van der Waals surface area contributed by atoms with Gasteiger partial charge in [-0.05, 0) is 17.7 Å². The third-order valence-corrected chi connectivity index (χ3v) is 2.91. The summed E-state index contributed by atoms with van der Waals surface area (Å²) < 4.78 is 13.3. The average molecular weight is 288 g/mol. The monoisotopic (exact) mass is 287 g/mol. The van der Waals surface area contributed by atoms with Crippen molar-refractivity contribution in [1.82, 2.24) is 10.2 Å². The van der Waals surface area contributed by atoms with E-state index in [0.717, 1.165) is 0 Å². The maximum absolute atomic E-state index is 13.3. The number of hydrogen-bond acceptors (Lipinski definition) is 2. The van der Waals surface area contributed by atoms with E-state index < -0.39 is 11.8 Å². The number of nitrogens with two attached hydrogens (primary N) is 1. The molecule has 0 aliphatic rings. The molecule has 1 aromatic carbocycles. The molecule has 1 rings (SSSR count). The van der Waals surface area contributed by atoms with Crippen molar-refractivity contribution in [3.63, 3.8) is 0 Å². The van der Waals surface area contributed by atoms with Gasteiger partial charge in [0.1, 0.15) is 5.82 Å². The summed E-state index contributed by atoms with van der Waals surface area (Å²) in [6.07, 6.45) is 0. The summed E-state index contributed by atoms with van der Waals surface area (Å²) >= 11 is 5.61. The second-order valence-corrected chi connectivity index (χ2v) is 5.02. The quantitative estimate of drug-likeness (QED) is 0.844. The third kappa shape index (κ3) is 5.44. The summed E-state index contributed by atoms with van der Waals surface area (Å²) in [6.45, 7) is 5.41. The van der Waals surface area contributed by atoms with Crippen LogP contribution in [0.3, 0.4) is 0 Å². The number of rotatable bonds is 6. The van der Waals surface area contributed by atoms with Gasteiger partial charge in [0.2, 0.25) is 0 Å². The molecule has 2 amide bonds. The van der Waals surface area contributed by atoms with Crippen molar-refractivity contribution in [2.45, 2.75) is 26.4 Å². The number of carbonyl (C=O) groups excluding carboxylic acids is 1. The normalized spacial score (nSPS) is 10.8. The number of amides is 2. The minimum Gasteiger partial charge on any atom is -0.351 e. The summed E-state index contributed by atoms with van der Waals surface area (Å²) in [5.41, 5.74) is 5.97. The first-order valence-corrected chi connectivity index (χ1v) is 6.49. The summed E-state index contributed by atoms with van der Waals surface area (Å²) in [5.74, 6) is -0.496. The van der Waals surface area contributed by atoms with Crippen LogP contribution >= 0.6 is 11.6 Å². The number of urea groups is 1. The Morgan fingerprint density at radius 3 is 2.74 bits per heavy atom. The number of benzene rings is 1. The van der Waals surface area contributed by atoms with Crippen molar-refractivity contribution < 1.29 is 9.18 Å². The zero-order valence-corrected chi connectivity index (χ0v) is 11.9. The predicted molar refractivity (Wildman–Crippen MR) is 74.5 cm³/mol. The minimum absolute atomic E-state index is 0.0656. The first-order chi connectivity index (χ1) is 8.90. The number of nitrogens with one attached hydrogen (secondary N) is 1. The molecule has 6 heteroatoms. The second kappa shape index (κ2) is 7.31. The Morgan fingerprint density at radius 1 is 1.53 bits per heavy atom. The molecule has 106 valence electrons. The highest BCUT2D eigenvalue weighted by atomic mass is 35.5. The van der Waals surface area contributed by atoms with E-state index in [4.69, 9.17) is 17.3 Å². The summed E-state index contributed by atoms with van der Waals surface area (Å²) in [6, 6.07) is 4.27. The highest BCUT2D eigenvalue weighted by Crippen LogP contribution is 2.16. The molecule has 0 unspecified atom stereocenters. The van der Waals surface area contributed by atoms with Crippen LogP contribution in [0.4, 0.5) is 9.18 Å². The van der Waals surface area contributed by atoms with Gasteiger partial charge in [-0.15, -0.1) is 0 Å². The largest absolute Gasteiger partial charge is 0.351 e. The molecule has 1 aromatic rings. The fourth-order valence-corrected chi connectivity index (χ4v) is 1.73. The van der Waals surface area contributed by atoms with Crippen LogP contribution in [0.5, 0.6) is 0 Å². The van der Waals surface area contributed by atoms with Gasteiger partial charge in [0.05, 0.1) is 5.02 Å². The SMILES string of the molecule is CC(C)NCCN(Cc1ccc(Cl)c(F)c1)C(N)=O. The minimum atomic E-state index is -0.527. The summed E-state index contributed by atoms with van der Waals surface area (Å²) in [7, 11) is 0. The van der Waals surface area contributed by atoms with Crippen molar-refractivity contribution in [2.75, 3.05) is 13.1 Å². The lowest BCUT2D eigenvalue weighted by Gasteiger charge is -2.21. The molecule has 0 heterocycles. The molecule has 0 saturated heterocycles. The molecule has 0 aliphatic heterocycles. The van der Waals surface area contributed by atoms with E-state index in [0.29, 0.717) is 24.7 Å². The van der Waals surface area contributed by atoms with Crippen LogP contribution in [0.25, 0.3) is 0 Å². The smallest absolute Gasteiger partial charge is 0.315 e. The van der Waals surface area contributed by atoms with Gasteiger partial charge < -0.3 is 16.0 Å². The van der Waals surface area contributed by atoms with Crippen molar-refractivity contribution in [3.8, 4) is 0 Å². The highest BCUT2D eigenvalue weighted by molar-refractivity contribution is 6.30. The molecule has 0 aliphatic carbocycles. The Hall–Kier alpha value is -1.33. The Balaban J connectivity index is 2.62. The van der Waals surface area contributed by atoms with E-state index in [1.807, 2.05) is 13.8 Å². The molecule has 0 bridgehead atoms. The predicted octanol–water partition coefficient (Wildman–Crippen LogP) is 2.36. The second-order valence-electron chi connectivity index (χ2n) is 4.62. The Bertz CT molecular complexity index is 440. The Morgan fingerprint density at radius 2 is 2.21 bits per heavy atom. The van der Waals surface area contributed by atoms with Gasteiger partial charge in [-0.3, -0.25) is 0 Å². The van der Waals surface area contributed by atoms with Gasteiger partial charge in [0.15, 0.2) is 0 Å². The van der Waals surface area contributed by atoms with E-state index in [1.54, 1.807) is 6.07 Å². The van der Waals surface area contributed by atoms with Gasteiger partial charge in [-0.1, -0.05) is 31.5 Å². The fourth-order valence-electron chi connectivity index (χ4n) is 1.61. The van der Waals surface area contributed by atoms with Crippen LogP contribution in [-0.2, 0) is 6.54 Å². The molecule has 0 fully saturated rings. The Labute approximate surface area is 117 Å². The van der Waals surface area contributed by atoms with Gasteiger partial charge in [-0.25, -0.2) is 9.18 Å². The number of primary amides is 1. The number of carbonyl (C=O) groups is 1. The third-order valence-electron chi connectivity index (χ3n) is 2.60. The highest BCUT2D eigenvalue weighted by Gasteiger charge is 2.11. The zero-order valence-electron chi connectivity index (χ0n) is 11.1. The molecule has 4 nitrogen and oxygen atoms in total. The van der Waals surface area contributed by atoms with Crippen molar-refractivity contribution in [2.24, 2.45) is 5.73 Å². The van der Waals surface area contributed by atoms with Crippen LogP contribution in [0.15, 0.2) is 18.2 Å². The van der Waals surface area contributed by atoms with Crippen LogP contribution in [0.2, 0.25) is 5.02 Å². The molecule has 0 aromatic heterocycles. The van der Waals surface area contributed by atoms with Crippen LogP contribution in [0.1, 0.15) is 19.4 Å². The Kier molecular flexibility index (Phi) is 6.05. The van der Waals surface area contributed by atoms with Crippen LogP contribution in [-0.4, -0.2) is 30.1 Å². The molecule has 19 heavy (non-hydrogen) atoms. The lowest BCUT2D eigenvalue weighted by Crippen LogP contribution is -2.41. The van der Waals surface area contributed by atoms with Crippen molar-refractivity contribution in [1.29, 1.82) is 0 Å². The van der Waals surface area contributed by atoms with E-state index in [1.165, 1.54) is 17.0 Å². The van der Waals surface area contributed by atoms with E-state index in [2.05, 4.69) is 5.32 Å². The molecule has 0 saturated carbocycles. The maximum Gasteiger partial charge on any atom is 0.315 e. The number of nitrogens with zero attached hydrogens (tertiary/aromatic N) is 1. The number of halogens is 2. The standard InChI is InChI=1S/C13H19ClFN3O/c1-9(2)17-5-6-18(13(16)19)8-10-3-4-11(14)12(15)7-10/h3-4,7,9,17H,5-6,8H2,1-2H3,(H2,16,19). The lowest BCUT2D eigenvalue weighted by atomic mass is 10.2. The van der Waals surface area contributed by atoms with Crippen molar-refractivity contribution >= 4 is 17.6 Å². The fraction of sp³-hybridized carbons (Fsp3) is 0.462. The summed E-state index contributed by atoms with van der Waals surface area (Å²) in [4.78, 5) is 12.8. The van der Waals surface area contributed by atoms with Gasteiger partial charge in [0.25, 0.3) is 0 Å². The first-order valence-electron chi connectivity index (χ1n) is 6.12. The molecular weight excluding hydrogens is 269 g/mol. The van der Waals surface area contributed by atoms with Gasteiger partial charge in [0, 0.05) is 25.7 Å². The lowest BCUT2D eigenvalue weighted by molar-refractivity contribution is 0.204. The topological polar surface area (TPSA) is 58.4 Å². The number of hydrogen-bond donors (Lipinski definition) is 2. The van der Waals surface area contributed by atoms with Crippen molar-refractivity contribution in [3.05, 3.63) is 34.6 Å². The molecule has 0 spiro atoms. The zero-order chi connectivity index (χ0) is 14.4. The van der Waals surface area contributed by atoms with Crippen LogP contribution in [0, 0.1) is 5.82 Å². The molecule has 0 atom stereocenters. The van der Waals surface area contributed by atoms with Gasteiger partial charge >= 0.3 is 6.03 Å². The molecular formula is C13H19ClFN3O.